The number of aromatic carboxylic acids is 1. The summed E-state index contributed by atoms with van der Waals surface area (Å²) in [4.78, 5) is 10.8. The molecule has 1 aliphatic rings. The van der Waals surface area contributed by atoms with Crippen LogP contribution in [0.3, 0.4) is 0 Å². The van der Waals surface area contributed by atoms with Gasteiger partial charge in [0.15, 0.2) is 0 Å². The van der Waals surface area contributed by atoms with Crippen LogP contribution in [0.25, 0.3) is 0 Å². The Bertz CT molecular complexity index is 599. The number of carboxylic acids is 1. The molecule has 6 nitrogen and oxygen atoms in total. The van der Waals surface area contributed by atoms with Gasteiger partial charge in [-0.15, -0.1) is 0 Å². The number of hydrogen-bond donors (Lipinski definition) is 3. The second kappa shape index (κ2) is 5.90. The predicted molar refractivity (Wildman–Crippen MR) is 72.0 cm³/mol. The second-order valence-corrected chi connectivity index (χ2v) is 6.63. The Morgan fingerprint density at radius 3 is 2.60 bits per heavy atom. The van der Waals surface area contributed by atoms with Crippen molar-refractivity contribution < 1.29 is 23.4 Å². The summed E-state index contributed by atoms with van der Waals surface area (Å²) in [7, 11) is -3.82. The Hall–Kier alpha value is -1.44. The number of aliphatic hydroxyl groups excluding tert-OH is 1. The number of nitrogens with one attached hydrogen (secondary N) is 1. The SMILES string of the molecule is O=C(O)c1cccc(S(=O)(=O)NC2CCCCC2O)c1. The Morgan fingerprint density at radius 2 is 1.95 bits per heavy atom. The zero-order valence-corrected chi connectivity index (χ0v) is 11.6. The van der Waals surface area contributed by atoms with Gasteiger partial charge in [0.05, 0.1) is 16.6 Å². The van der Waals surface area contributed by atoms with E-state index in [2.05, 4.69) is 4.72 Å². The van der Waals surface area contributed by atoms with Gasteiger partial charge in [-0.1, -0.05) is 18.9 Å². The summed E-state index contributed by atoms with van der Waals surface area (Å²) in [5.74, 6) is -1.18. The van der Waals surface area contributed by atoms with Gasteiger partial charge >= 0.3 is 5.97 Å². The van der Waals surface area contributed by atoms with Crippen LogP contribution in [0.5, 0.6) is 0 Å². The number of rotatable bonds is 4. The highest BCUT2D eigenvalue weighted by atomic mass is 32.2. The third-order valence-corrected chi connectivity index (χ3v) is 4.91. The van der Waals surface area contributed by atoms with Crippen molar-refractivity contribution in [1.29, 1.82) is 0 Å². The highest BCUT2D eigenvalue weighted by molar-refractivity contribution is 7.89. The maximum absolute atomic E-state index is 12.2. The summed E-state index contributed by atoms with van der Waals surface area (Å²) in [6.45, 7) is 0. The topological polar surface area (TPSA) is 104 Å². The fourth-order valence-corrected chi connectivity index (χ4v) is 3.66. The molecule has 2 unspecified atom stereocenters. The molecule has 0 aromatic heterocycles. The average molecular weight is 299 g/mol. The number of benzene rings is 1. The van der Waals surface area contributed by atoms with E-state index in [1.165, 1.54) is 18.2 Å². The van der Waals surface area contributed by atoms with E-state index in [1.807, 2.05) is 0 Å². The Morgan fingerprint density at radius 1 is 1.25 bits per heavy atom. The van der Waals surface area contributed by atoms with Crippen molar-refractivity contribution in [2.75, 3.05) is 0 Å². The van der Waals surface area contributed by atoms with Gasteiger partial charge in [-0.05, 0) is 31.0 Å². The van der Waals surface area contributed by atoms with Gasteiger partial charge in [0.25, 0.3) is 0 Å². The van der Waals surface area contributed by atoms with E-state index in [-0.39, 0.29) is 10.5 Å². The van der Waals surface area contributed by atoms with E-state index in [0.29, 0.717) is 12.8 Å². The summed E-state index contributed by atoms with van der Waals surface area (Å²) in [5, 5.41) is 18.7. The highest BCUT2D eigenvalue weighted by Crippen LogP contribution is 2.21. The van der Waals surface area contributed by atoms with Crippen LogP contribution in [0.1, 0.15) is 36.0 Å². The normalized spacial score (nSPS) is 23.4. The summed E-state index contributed by atoms with van der Waals surface area (Å²) >= 11 is 0. The third-order valence-electron chi connectivity index (χ3n) is 3.43. The maximum atomic E-state index is 12.2. The van der Waals surface area contributed by atoms with Crippen LogP contribution >= 0.6 is 0 Å². The lowest BCUT2D eigenvalue weighted by Gasteiger charge is -2.28. The average Bonchev–Trinajstić information content (AvgIpc) is 2.41. The molecule has 1 fully saturated rings. The van der Waals surface area contributed by atoms with Crippen molar-refractivity contribution in [1.82, 2.24) is 4.72 Å². The molecular weight excluding hydrogens is 282 g/mol. The van der Waals surface area contributed by atoms with E-state index in [4.69, 9.17) is 5.11 Å². The molecule has 1 aromatic rings. The van der Waals surface area contributed by atoms with Crippen molar-refractivity contribution in [3.05, 3.63) is 29.8 Å². The molecule has 2 atom stereocenters. The molecule has 0 aliphatic heterocycles. The first-order valence-corrected chi connectivity index (χ1v) is 7.92. The molecule has 0 amide bonds. The molecule has 20 heavy (non-hydrogen) atoms. The number of hydrogen-bond acceptors (Lipinski definition) is 4. The van der Waals surface area contributed by atoms with Gasteiger partial charge < -0.3 is 10.2 Å². The molecule has 0 spiro atoms. The minimum Gasteiger partial charge on any atom is -0.478 e. The molecule has 1 aromatic carbocycles. The molecule has 0 radical (unpaired) electrons. The van der Waals surface area contributed by atoms with Gasteiger partial charge in [0.1, 0.15) is 0 Å². The standard InChI is InChI=1S/C13H17NO5S/c15-12-7-2-1-6-11(12)14-20(18,19)10-5-3-4-9(8-10)13(16)17/h3-5,8,11-12,14-15H,1-2,6-7H2,(H,16,17). The van der Waals surface area contributed by atoms with E-state index < -0.39 is 28.1 Å². The molecule has 1 saturated carbocycles. The largest absolute Gasteiger partial charge is 0.478 e. The van der Waals surface area contributed by atoms with Crippen molar-refractivity contribution >= 4 is 16.0 Å². The Labute approximate surface area is 117 Å². The second-order valence-electron chi connectivity index (χ2n) is 4.91. The van der Waals surface area contributed by atoms with Crippen LogP contribution < -0.4 is 4.72 Å². The van der Waals surface area contributed by atoms with Gasteiger partial charge in [0.2, 0.25) is 10.0 Å². The lowest BCUT2D eigenvalue weighted by Crippen LogP contribution is -2.44. The number of carboxylic acid groups (broad SMARTS) is 1. The first-order valence-electron chi connectivity index (χ1n) is 6.44. The van der Waals surface area contributed by atoms with Crippen LogP contribution in [0, 0.1) is 0 Å². The van der Waals surface area contributed by atoms with E-state index in [9.17, 15) is 18.3 Å². The summed E-state index contributed by atoms with van der Waals surface area (Å²) in [6.07, 6.45) is 2.20. The Balaban J connectivity index is 2.21. The fourth-order valence-electron chi connectivity index (χ4n) is 2.31. The number of carbonyl (C=O) groups is 1. The lowest BCUT2D eigenvalue weighted by atomic mass is 9.93. The maximum Gasteiger partial charge on any atom is 0.335 e. The predicted octanol–water partition coefficient (Wildman–Crippen LogP) is 0.967. The molecule has 0 heterocycles. The van der Waals surface area contributed by atoms with Crippen LogP contribution in [-0.2, 0) is 10.0 Å². The molecular formula is C13H17NO5S. The zero-order chi connectivity index (χ0) is 14.8. The number of sulfonamides is 1. The van der Waals surface area contributed by atoms with Crippen LogP contribution in [0.4, 0.5) is 0 Å². The smallest absolute Gasteiger partial charge is 0.335 e. The van der Waals surface area contributed by atoms with Crippen molar-refractivity contribution in [2.45, 2.75) is 42.7 Å². The van der Waals surface area contributed by atoms with Gasteiger partial charge in [0, 0.05) is 6.04 Å². The first-order chi connectivity index (χ1) is 9.40. The van der Waals surface area contributed by atoms with Crippen molar-refractivity contribution in [3.8, 4) is 0 Å². The van der Waals surface area contributed by atoms with Crippen LogP contribution in [0.2, 0.25) is 0 Å². The molecule has 0 bridgehead atoms. The van der Waals surface area contributed by atoms with Gasteiger partial charge in [-0.2, -0.15) is 0 Å². The van der Waals surface area contributed by atoms with Crippen LogP contribution in [-0.4, -0.2) is 36.7 Å². The number of aliphatic hydroxyl groups is 1. The zero-order valence-electron chi connectivity index (χ0n) is 10.8. The molecule has 7 heteroatoms. The van der Waals surface area contributed by atoms with Gasteiger partial charge in [-0.3, -0.25) is 0 Å². The monoisotopic (exact) mass is 299 g/mol. The van der Waals surface area contributed by atoms with Crippen LogP contribution in [0.15, 0.2) is 29.2 Å². The quantitative estimate of drug-likeness (QED) is 0.768. The summed E-state index contributed by atoms with van der Waals surface area (Å²) in [6, 6.07) is 4.65. The molecule has 110 valence electrons. The molecule has 1 aliphatic carbocycles. The first kappa shape index (κ1) is 15.0. The van der Waals surface area contributed by atoms with Crippen molar-refractivity contribution in [2.24, 2.45) is 0 Å². The Kier molecular flexibility index (Phi) is 4.42. The van der Waals surface area contributed by atoms with E-state index in [1.54, 1.807) is 0 Å². The van der Waals surface area contributed by atoms with Gasteiger partial charge in [-0.25, -0.2) is 17.9 Å². The third kappa shape index (κ3) is 3.36. The highest BCUT2D eigenvalue weighted by Gasteiger charge is 2.28. The van der Waals surface area contributed by atoms with Crippen molar-refractivity contribution in [3.63, 3.8) is 0 Å². The van der Waals surface area contributed by atoms with E-state index in [0.717, 1.165) is 18.9 Å². The minimum absolute atomic E-state index is 0.0860. The lowest BCUT2D eigenvalue weighted by molar-refractivity contribution is 0.0696. The molecule has 3 N–H and O–H groups in total. The fraction of sp³-hybridized carbons (Fsp3) is 0.462. The summed E-state index contributed by atoms with van der Waals surface area (Å²) in [5.41, 5.74) is -0.0860. The molecule has 2 rings (SSSR count). The molecule has 0 saturated heterocycles. The summed E-state index contributed by atoms with van der Waals surface area (Å²) < 4.78 is 26.9. The van der Waals surface area contributed by atoms with E-state index >= 15 is 0 Å². The minimum atomic E-state index is -3.82.